The second-order valence-electron chi connectivity index (χ2n) is 9.70. The van der Waals surface area contributed by atoms with Crippen molar-refractivity contribution < 1.29 is 9.90 Å². The molecule has 3 aliphatic rings. The molecule has 0 aromatic heterocycles. The van der Waals surface area contributed by atoms with Crippen LogP contribution in [0.3, 0.4) is 0 Å². The third-order valence-corrected chi connectivity index (χ3v) is 22.8. The fraction of sp³-hybridized carbons (Fsp3) is 0.720. The van der Waals surface area contributed by atoms with Gasteiger partial charge in [0.1, 0.15) is 0 Å². The van der Waals surface area contributed by atoms with Crippen LogP contribution in [0.15, 0.2) is 24.3 Å². The number of carboxylic acids is 1. The second kappa shape index (κ2) is 12.2. The van der Waals surface area contributed by atoms with Crippen molar-refractivity contribution in [2.24, 2.45) is 0 Å². The Morgan fingerprint density at radius 1 is 0.690 bits per heavy atom. The molecule has 0 amide bonds. The molecule has 1 aromatic rings. The van der Waals surface area contributed by atoms with Crippen LogP contribution < -0.4 is 5.73 Å². The number of hydrogen-bond donors (Lipinski definition) is 2. The summed E-state index contributed by atoms with van der Waals surface area (Å²) in [5.41, 5.74) is 6.17. The maximum atomic E-state index is 10.3. The zero-order valence-corrected chi connectivity index (χ0v) is 21.5. The molecule has 1 aromatic carbocycles. The van der Waals surface area contributed by atoms with Gasteiger partial charge in [-0.15, -0.1) is 0 Å². The predicted octanol–water partition coefficient (Wildman–Crippen LogP) is 7.18. The van der Waals surface area contributed by atoms with Gasteiger partial charge in [0.15, 0.2) is 0 Å². The molecule has 3 saturated carbocycles. The van der Waals surface area contributed by atoms with Gasteiger partial charge in [-0.25, -0.2) is 4.79 Å². The Balaban J connectivity index is 0.000000204. The maximum Gasteiger partial charge on any atom is 0.335 e. The molecule has 29 heavy (non-hydrogen) atoms. The molecule has 0 bridgehead atoms. The summed E-state index contributed by atoms with van der Waals surface area (Å²) in [5.74, 6) is -0.931. The number of hydrogen-bond acceptors (Lipinski definition) is 2. The van der Waals surface area contributed by atoms with Crippen LogP contribution in [0.1, 0.15) is 107 Å². The first-order valence-electron chi connectivity index (χ1n) is 12.2. The van der Waals surface area contributed by atoms with Crippen molar-refractivity contribution >= 4 is 31.4 Å². The third kappa shape index (κ3) is 7.18. The molecule has 0 spiro atoms. The van der Waals surface area contributed by atoms with Gasteiger partial charge < -0.3 is 10.8 Å². The van der Waals surface area contributed by atoms with E-state index in [1.807, 2.05) is 0 Å². The van der Waals surface area contributed by atoms with Crippen molar-refractivity contribution in [3.63, 3.8) is 0 Å². The monoisotopic (exact) mass is 507 g/mol. The molecule has 0 saturated heterocycles. The number of rotatable bonds is 4. The van der Waals surface area contributed by atoms with Crippen molar-refractivity contribution in [2.75, 3.05) is 5.73 Å². The van der Waals surface area contributed by atoms with Crippen LogP contribution in [-0.2, 0) is 0 Å². The van der Waals surface area contributed by atoms with E-state index in [1.165, 1.54) is 23.9 Å². The Hall–Kier alpha value is -0.711. The minimum Gasteiger partial charge on any atom is -0.478 e. The van der Waals surface area contributed by atoms with Crippen molar-refractivity contribution in [2.45, 2.75) is 108 Å². The molecule has 3 fully saturated rings. The zero-order chi connectivity index (χ0) is 20.5. The molecule has 0 radical (unpaired) electrons. The summed E-state index contributed by atoms with van der Waals surface area (Å²) in [4.78, 5) is 10.3. The minimum atomic E-state index is -1.31. The van der Waals surface area contributed by atoms with Gasteiger partial charge in [-0.3, -0.25) is 0 Å². The summed E-state index contributed by atoms with van der Waals surface area (Å²) < 4.78 is 4.00. The van der Waals surface area contributed by atoms with Crippen molar-refractivity contribution in [3.8, 4) is 0 Å². The first-order valence-corrected chi connectivity index (χ1v) is 17.9. The summed E-state index contributed by atoms with van der Waals surface area (Å²) in [6.07, 6.45) is 24.3. The van der Waals surface area contributed by atoms with Gasteiger partial charge in [0.05, 0.1) is 5.56 Å². The second-order valence-corrected chi connectivity index (χ2v) is 21.1. The fourth-order valence-corrected chi connectivity index (χ4v) is 23.6. The molecular weight excluding hydrogens is 465 g/mol. The van der Waals surface area contributed by atoms with E-state index in [-0.39, 0.29) is 5.56 Å². The number of aromatic carboxylic acids is 1. The van der Waals surface area contributed by atoms with Gasteiger partial charge >= 0.3 is 134 Å². The van der Waals surface area contributed by atoms with Crippen molar-refractivity contribution in [1.82, 2.24) is 0 Å². The Morgan fingerprint density at radius 3 is 1.34 bits per heavy atom. The Morgan fingerprint density at radius 2 is 1.03 bits per heavy atom. The standard InChI is InChI=1S/C7H7NO2.3C6H11.Sn.H/c8-6-3-1-5(2-4-6)7(9)10;3*1-2-4-6-5-3-1;;/h1-4H,8H2,(H,9,10);3*1H,2-6H2;;. The van der Waals surface area contributed by atoms with Crippen LogP contribution in [-0.4, -0.2) is 30.8 Å². The number of nitrogen functional groups attached to an aromatic ring is 1. The number of carbonyl (C=O) groups is 1. The van der Waals surface area contributed by atoms with Crippen LogP contribution in [0.25, 0.3) is 0 Å². The van der Waals surface area contributed by atoms with Gasteiger partial charge in [-0.2, -0.15) is 0 Å². The summed E-state index contributed by atoms with van der Waals surface area (Å²) in [6, 6.07) is 6.06. The average Bonchev–Trinajstić information content (AvgIpc) is 2.77. The van der Waals surface area contributed by atoms with Crippen molar-refractivity contribution in [3.05, 3.63) is 29.8 Å². The van der Waals surface area contributed by atoms with Crippen LogP contribution in [0.4, 0.5) is 5.69 Å². The largest absolute Gasteiger partial charge is 0.478 e. The van der Waals surface area contributed by atoms with Gasteiger partial charge in [0.2, 0.25) is 0 Å². The fourth-order valence-electron chi connectivity index (χ4n) is 6.34. The summed E-state index contributed by atoms with van der Waals surface area (Å²) in [5, 5.41) is 8.43. The average molecular weight is 506 g/mol. The normalized spacial score (nSPS) is 22.1. The van der Waals surface area contributed by atoms with E-state index >= 15 is 0 Å². The first-order chi connectivity index (χ1) is 14.1. The van der Waals surface area contributed by atoms with Gasteiger partial charge in [0, 0.05) is 5.69 Å². The molecule has 4 rings (SSSR count). The quantitative estimate of drug-likeness (QED) is 0.336. The summed E-state index contributed by atoms with van der Waals surface area (Å²) in [7, 11) is 0. The SMILES string of the molecule is C1CC[CH]([SnH]([CH]2CCCCC2)[CH]2CCCCC2)CC1.Nc1ccc(C(=O)O)cc1. The molecule has 162 valence electrons. The van der Waals surface area contributed by atoms with Crippen LogP contribution >= 0.6 is 0 Å². The van der Waals surface area contributed by atoms with E-state index in [1.54, 1.807) is 108 Å². The summed E-state index contributed by atoms with van der Waals surface area (Å²) >= 11 is -1.31. The van der Waals surface area contributed by atoms with Crippen LogP contribution in [0.5, 0.6) is 0 Å². The third-order valence-electron chi connectivity index (χ3n) is 7.74. The van der Waals surface area contributed by atoms with Gasteiger partial charge in [-0.1, -0.05) is 0 Å². The molecule has 3 N–H and O–H groups in total. The Kier molecular flexibility index (Phi) is 9.67. The van der Waals surface area contributed by atoms with E-state index in [0.717, 1.165) is 0 Å². The predicted molar refractivity (Wildman–Crippen MR) is 125 cm³/mol. The van der Waals surface area contributed by atoms with E-state index < -0.39 is 25.7 Å². The Bertz CT molecular complexity index is 557. The number of nitrogens with two attached hydrogens (primary N) is 1. The molecule has 0 unspecified atom stereocenters. The smallest absolute Gasteiger partial charge is 0.335 e. The van der Waals surface area contributed by atoms with Gasteiger partial charge in [0.25, 0.3) is 0 Å². The topological polar surface area (TPSA) is 63.3 Å². The van der Waals surface area contributed by atoms with E-state index in [2.05, 4.69) is 0 Å². The van der Waals surface area contributed by atoms with Crippen molar-refractivity contribution in [1.29, 1.82) is 0 Å². The van der Waals surface area contributed by atoms with E-state index in [0.29, 0.717) is 5.69 Å². The molecule has 4 heteroatoms. The summed E-state index contributed by atoms with van der Waals surface area (Å²) in [6.45, 7) is 0. The number of anilines is 1. The molecule has 0 atom stereocenters. The molecule has 0 aliphatic heterocycles. The van der Waals surface area contributed by atoms with Crippen LogP contribution in [0, 0.1) is 0 Å². The molecule has 3 nitrogen and oxygen atoms in total. The molecule has 3 aliphatic carbocycles. The molecular formula is C25H41NO2Sn. The number of carboxylic acid groups (broad SMARTS) is 1. The first kappa shape index (κ1) is 23.0. The maximum absolute atomic E-state index is 10.3. The van der Waals surface area contributed by atoms with Gasteiger partial charge in [-0.05, 0) is 24.3 Å². The number of benzene rings is 1. The van der Waals surface area contributed by atoms with E-state index in [4.69, 9.17) is 10.8 Å². The zero-order valence-electron chi connectivity index (χ0n) is 18.2. The molecule has 0 heterocycles. The van der Waals surface area contributed by atoms with E-state index in [9.17, 15) is 4.79 Å². The Labute approximate surface area is 184 Å². The van der Waals surface area contributed by atoms with Crippen LogP contribution in [0.2, 0.25) is 11.8 Å². The minimum absolute atomic E-state index is 0.259.